The highest BCUT2D eigenvalue weighted by Crippen LogP contribution is 2.22. The summed E-state index contributed by atoms with van der Waals surface area (Å²) in [7, 11) is 0. The van der Waals surface area contributed by atoms with Gasteiger partial charge in [-0.15, -0.1) is 0 Å². The summed E-state index contributed by atoms with van der Waals surface area (Å²) in [4.78, 5) is 178. The maximum absolute atomic E-state index is 15.5. The lowest BCUT2D eigenvalue weighted by Gasteiger charge is -2.29. The Morgan fingerprint density at radius 1 is 0.310 bits per heavy atom. The Hall–Kier alpha value is -12.0. The maximum atomic E-state index is 15.5. The molecule has 126 heavy (non-hydrogen) atoms. The van der Waals surface area contributed by atoms with E-state index in [1.54, 1.807) is 30.5 Å². The highest BCUT2D eigenvalue weighted by Gasteiger charge is 2.38. The first-order valence-corrected chi connectivity index (χ1v) is 43.2. The number of rotatable bonds is 65. The quantitative estimate of drug-likeness (QED) is 0.0114. The number of aromatic hydroxyl groups is 2. The van der Waals surface area contributed by atoms with Crippen molar-refractivity contribution in [2.24, 2.45) is 57.3 Å². The molecule has 43 nitrogen and oxygen atoms in total. The van der Waals surface area contributed by atoms with Gasteiger partial charge in [0.25, 0.3) is 0 Å². The second-order valence-electron chi connectivity index (χ2n) is 31.1. The van der Waals surface area contributed by atoms with Crippen LogP contribution in [0.3, 0.4) is 0 Å². The van der Waals surface area contributed by atoms with E-state index in [0.717, 1.165) is 0 Å². The fraction of sp³-hybridized carbons (Fsp3) is 0.578. The third-order valence-electron chi connectivity index (χ3n) is 20.8. The van der Waals surface area contributed by atoms with E-state index in [1.807, 2.05) is 0 Å². The highest BCUT2D eigenvalue weighted by molar-refractivity contribution is 6.00. The molecule has 0 radical (unpaired) electrons. The number of aromatic amines is 1. The Kier molecular flexibility index (Phi) is 50.4. The molecule has 1 aromatic heterocycles. The summed E-state index contributed by atoms with van der Waals surface area (Å²) in [5, 5.41) is 92.3. The molecule has 0 aliphatic carbocycles. The van der Waals surface area contributed by atoms with Gasteiger partial charge in [0.05, 0.1) is 6.04 Å². The van der Waals surface area contributed by atoms with Crippen LogP contribution in [0, 0.1) is 16.2 Å². The van der Waals surface area contributed by atoms with Crippen molar-refractivity contribution in [1.82, 2.24) is 79.4 Å². The van der Waals surface area contributed by atoms with Crippen LogP contribution in [-0.4, -0.2) is 241 Å². The number of phenols is 2. The lowest BCUT2D eigenvalue weighted by atomic mass is 10.0. The van der Waals surface area contributed by atoms with Crippen LogP contribution in [0.15, 0.2) is 79.0 Å². The first kappa shape index (κ1) is 106. The average Bonchev–Trinajstić information content (AvgIpc) is 1.64. The number of hydrogen-bond acceptors (Lipinski definition) is 24. The van der Waals surface area contributed by atoms with Crippen LogP contribution < -0.4 is 132 Å². The van der Waals surface area contributed by atoms with Gasteiger partial charge in [-0.1, -0.05) is 42.5 Å². The van der Waals surface area contributed by atoms with Crippen molar-refractivity contribution in [3.8, 4) is 11.5 Å². The molecule has 1 heterocycles. The number of unbranched alkanes of at least 4 members (excludes halogenated alkanes) is 6. The van der Waals surface area contributed by atoms with Gasteiger partial charge in [0, 0.05) is 56.0 Å². The molecule has 12 atom stereocenters. The minimum atomic E-state index is -1.61. The molecule has 0 aliphatic rings. The zero-order valence-corrected chi connectivity index (χ0v) is 71.9. The van der Waals surface area contributed by atoms with E-state index in [1.165, 1.54) is 48.5 Å². The predicted molar refractivity (Wildman–Crippen MR) is 477 cm³/mol. The van der Waals surface area contributed by atoms with Crippen LogP contribution in [0.4, 0.5) is 0 Å². The molecule has 0 unspecified atom stereocenters. The number of benzene rings is 3. The van der Waals surface area contributed by atoms with Crippen molar-refractivity contribution in [2.75, 3.05) is 58.9 Å². The number of hydrogen-bond donors (Lipinski definition) is 31. The lowest BCUT2D eigenvalue weighted by molar-refractivity contribution is -0.142. The van der Waals surface area contributed by atoms with E-state index < -0.39 is 155 Å². The van der Waals surface area contributed by atoms with Gasteiger partial charge in [0.2, 0.25) is 65.0 Å². The molecule has 0 bridgehead atoms. The second-order valence-corrected chi connectivity index (χ2v) is 31.1. The number of guanidine groups is 3. The number of aromatic nitrogens is 1. The number of carbonyl (C=O) groups excluding carboxylic acids is 11. The highest BCUT2D eigenvalue weighted by atomic mass is 16.4. The molecule has 0 spiro atoms. The zero-order chi connectivity index (χ0) is 92.9. The van der Waals surface area contributed by atoms with Gasteiger partial charge in [-0.05, 0) is 240 Å². The molecule has 4 rings (SSSR count). The lowest BCUT2D eigenvalue weighted by Crippen LogP contribution is -2.61. The number of fused-ring (bicyclic) bond motifs is 1. The summed E-state index contributed by atoms with van der Waals surface area (Å²) in [6.45, 7) is 1.56. The number of carboxylic acid groups (broad SMARTS) is 1. The minimum absolute atomic E-state index is 0.00217. The number of nitrogens with one attached hydrogen (secondary N) is 18. The predicted octanol–water partition coefficient (Wildman–Crippen LogP) is -4.08. The summed E-state index contributed by atoms with van der Waals surface area (Å²) in [6, 6.07) is 1.55. The Morgan fingerprint density at radius 3 is 0.849 bits per heavy atom. The first-order valence-electron chi connectivity index (χ1n) is 43.2. The molecule has 43 heteroatoms. The largest absolute Gasteiger partial charge is 0.508 e. The molecular weight excluding hydrogens is 1630 g/mol. The molecule has 3 aromatic carbocycles. The Bertz CT molecular complexity index is 4090. The summed E-state index contributed by atoms with van der Waals surface area (Å²) in [5.41, 5.74) is 60.2. The minimum Gasteiger partial charge on any atom is -0.508 e. The third kappa shape index (κ3) is 41.2. The number of H-pyrrole nitrogens is 1. The van der Waals surface area contributed by atoms with Crippen molar-refractivity contribution in [2.45, 2.75) is 246 Å². The van der Waals surface area contributed by atoms with Crippen LogP contribution in [0.2, 0.25) is 0 Å². The number of carbonyl (C=O) groups is 12. The summed E-state index contributed by atoms with van der Waals surface area (Å²) >= 11 is 0. The molecule has 4 aromatic rings. The van der Waals surface area contributed by atoms with E-state index in [2.05, 4.69) is 79.4 Å². The fourth-order valence-corrected chi connectivity index (χ4v) is 13.7. The van der Waals surface area contributed by atoms with Crippen molar-refractivity contribution < 1.29 is 72.9 Å². The summed E-state index contributed by atoms with van der Waals surface area (Å²) < 4.78 is 0. The molecule has 0 saturated carbocycles. The van der Waals surface area contributed by atoms with E-state index in [0.29, 0.717) is 105 Å². The maximum Gasteiger partial charge on any atom is 0.326 e. The van der Waals surface area contributed by atoms with Gasteiger partial charge in [-0.3, -0.25) is 69.0 Å². The smallest absolute Gasteiger partial charge is 0.326 e. The molecule has 41 N–H and O–H groups in total. The number of amides is 11. The molecule has 0 saturated heterocycles. The third-order valence-corrected chi connectivity index (χ3v) is 20.8. The Balaban J connectivity index is 1.77. The SMILES string of the molecule is N=C(N)NCCC[C@H](NC(=O)[C@H](Cc1c[nH]c2ccccc12)NC(=O)[C@H](CCCNC(=N)N)NC(=O)[C@H](Cc1ccc(O)cc1)NC(=O)[C@H](Cc1ccc(O)cc1)NC(=O)[C@@H](N)CCCNC(=N)N)C(=O)N[C@@H](CCCCN)C(=O)N[C@@H](CCCCN)C(=O)N[C@@H](CCCCN)C(=O)N[C@@H](CCCCN)C(=O)N[C@@H](CCCCN)C(=O)N[C@@H](CCCCN)C(=O)O. The average molecular weight is 1770 g/mol. The molecular formula is C83H138N28O15. The Morgan fingerprint density at radius 2 is 0.556 bits per heavy atom. The van der Waals surface area contributed by atoms with E-state index in [-0.39, 0.29) is 173 Å². The van der Waals surface area contributed by atoms with Gasteiger partial charge in [0.15, 0.2) is 17.9 Å². The van der Waals surface area contributed by atoms with E-state index in [4.69, 9.17) is 73.6 Å². The number of nitrogens with two attached hydrogens (primary N) is 10. The van der Waals surface area contributed by atoms with Crippen molar-refractivity contribution >= 4 is 99.7 Å². The first-order chi connectivity index (χ1) is 60.3. The van der Waals surface area contributed by atoms with Gasteiger partial charge in [-0.25, -0.2) is 4.79 Å². The topological polar surface area (TPSA) is 781 Å². The summed E-state index contributed by atoms with van der Waals surface area (Å²) in [6.07, 6.45) is 5.39. The molecule has 0 aliphatic heterocycles. The van der Waals surface area contributed by atoms with Crippen molar-refractivity contribution in [3.63, 3.8) is 0 Å². The summed E-state index contributed by atoms with van der Waals surface area (Å²) in [5.74, 6) is -12.1. The van der Waals surface area contributed by atoms with E-state index in [9.17, 15) is 48.9 Å². The van der Waals surface area contributed by atoms with Crippen molar-refractivity contribution in [3.05, 3.63) is 95.7 Å². The number of aliphatic carboxylic acids is 1. The number of phenolic OH excluding ortho intramolecular Hbond substituents is 2. The molecule has 11 amide bonds. The van der Waals surface area contributed by atoms with Gasteiger partial charge in [-0.2, -0.15) is 0 Å². The van der Waals surface area contributed by atoms with Crippen LogP contribution in [-0.2, 0) is 76.8 Å². The zero-order valence-electron chi connectivity index (χ0n) is 71.9. The Labute approximate surface area is 734 Å². The fourth-order valence-electron chi connectivity index (χ4n) is 13.7. The normalized spacial score (nSPS) is 14.0. The van der Waals surface area contributed by atoms with Crippen molar-refractivity contribution in [1.29, 1.82) is 16.2 Å². The standard InChI is InChI=1S/C83H138N28O15/c84-37-9-3-21-58(71(116)103-60(23-5-11-39-86)73(118)105-62(25-7-13-41-88)75(120)108-65(80(125)126)26-8-14-42-89)101-70(115)59(22-4-10-38-85)102-72(117)61(24-6-12-40-87)104-74(119)63(27-16-44-98-82(93)94)107-79(124)68(48-52-49-100-57-20-2-1-18-55(52)57)111-76(121)64(28-17-45-99-83(95)96)106-77(122)67(47-51-31-35-54(113)36-32-51)110-78(123)66(46-50-29-33-53(112)34-30-50)109-69(114)56(90)19-15-43-97-81(91)92/h1-2,18,20,29-36,49,56,58-68,100,112-113H,3-17,19,21-28,37-48,84-90H2,(H,101,115)(H,102,117)(H,103,116)(H,104,119)(H,105,118)(H,106,122)(H,107,124)(H,108,120)(H,109,114)(H,110,123)(H,111,121)(H,125,126)(H4,91,92,97)(H4,93,94,98)(H4,95,96,99)/t56-,58-,59-,60-,61-,62-,63-,64-,65-,66-,67-,68-/m0/s1. The number of carboxylic acids is 1. The van der Waals surface area contributed by atoms with Gasteiger partial charge in [0.1, 0.15) is 78.0 Å². The molecule has 0 fully saturated rings. The van der Waals surface area contributed by atoms with Crippen LogP contribution in [0.1, 0.15) is 171 Å². The van der Waals surface area contributed by atoms with Crippen LogP contribution >= 0.6 is 0 Å². The number of para-hydroxylation sites is 1. The molecule has 700 valence electrons. The monoisotopic (exact) mass is 1770 g/mol. The van der Waals surface area contributed by atoms with Crippen LogP contribution in [0.5, 0.6) is 11.5 Å². The van der Waals surface area contributed by atoms with E-state index >= 15 is 24.0 Å². The van der Waals surface area contributed by atoms with Gasteiger partial charge >= 0.3 is 5.97 Å². The van der Waals surface area contributed by atoms with Gasteiger partial charge < -0.3 is 152 Å². The second kappa shape index (κ2) is 59.7. The van der Waals surface area contributed by atoms with Crippen LogP contribution in [0.25, 0.3) is 10.9 Å².